The van der Waals surface area contributed by atoms with E-state index in [2.05, 4.69) is 15.3 Å². The predicted octanol–water partition coefficient (Wildman–Crippen LogP) is 4.62. The van der Waals surface area contributed by atoms with Gasteiger partial charge in [-0.25, -0.2) is 23.1 Å². The van der Waals surface area contributed by atoms with Crippen molar-refractivity contribution in [1.29, 1.82) is 0 Å². The fourth-order valence-electron chi connectivity index (χ4n) is 5.14. The average Bonchev–Trinajstić information content (AvgIpc) is 3.21. The molecule has 0 spiro atoms. The van der Waals surface area contributed by atoms with Crippen molar-refractivity contribution in [2.24, 2.45) is 0 Å². The Kier molecular flexibility index (Phi) is 5.82. The van der Waals surface area contributed by atoms with Gasteiger partial charge >= 0.3 is 5.69 Å². The van der Waals surface area contributed by atoms with Gasteiger partial charge in [0.15, 0.2) is 11.5 Å². The summed E-state index contributed by atoms with van der Waals surface area (Å²) in [4.78, 5) is 24.9. The summed E-state index contributed by atoms with van der Waals surface area (Å²) in [6, 6.07) is 12.3. The molecule has 2 aliphatic rings. The van der Waals surface area contributed by atoms with Crippen LogP contribution in [0, 0.1) is 11.6 Å². The summed E-state index contributed by atoms with van der Waals surface area (Å²) in [5.41, 5.74) is -0.848. The van der Waals surface area contributed by atoms with Crippen molar-refractivity contribution < 1.29 is 13.9 Å². The average molecular weight is 528 g/mol. The third kappa shape index (κ3) is 3.89. The summed E-state index contributed by atoms with van der Waals surface area (Å²) in [5, 5.41) is 14.2. The summed E-state index contributed by atoms with van der Waals surface area (Å²) in [6.07, 6.45) is 2.03. The van der Waals surface area contributed by atoms with Crippen molar-refractivity contribution >= 4 is 38.5 Å². The smallest absolute Gasteiger partial charge is 0.355 e. The number of fused-ring (bicyclic) bond motifs is 3. The molecule has 0 amide bonds. The maximum atomic E-state index is 15.5. The highest BCUT2D eigenvalue weighted by atomic mass is 35.7. The lowest BCUT2D eigenvalue weighted by molar-refractivity contribution is 0.463. The molecule has 0 radical (unpaired) electrons. The molecule has 2 aliphatic heterocycles. The van der Waals surface area contributed by atoms with E-state index in [-0.39, 0.29) is 23.3 Å². The molecule has 2 atom stereocenters. The summed E-state index contributed by atoms with van der Waals surface area (Å²) in [5.74, 6) is -1.78. The second-order valence-electron chi connectivity index (χ2n) is 8.99. The zero-order valence-electron chi connectivity index (χ0n) is 18.8. The van der Waals surface area contributed by atoms with Crippen LogP contribution in [0.3, 0.4) is 0 Å². The third-order valence-corrected chi connectivity index (χ3v) is 7.68. The van der Waals surface area contributed by atoms with Gasteiger partial charge in [0.05, 0.1) is 16.6 Å². The highest BCUT2D eigenvalue weighted by Gasteiger charge is 2.34. The number of aromatic hydroxyl groups is 1. The van der Waals surface area contributed by atoms with Crippen LogP contribution in [0.4, 0.5) is 14.6 Å². The Labute approximate surface area is 213 Å². The van der Waals surface area contributed by atoms with Gasteiger partial charge in [0.25, 0.3) is 0 Å². The minimum Gasteiger partial charge on any atom is -0.507 e. The normalized spacial score (nSPS) is 19.2. The maximum absolute atomic E-state index is 15.5. The number of nitrogens with one attached hydrogen (secondary N) is 1. The van der Waals surface area contributed by atoms with Crippen LogP contribution in [0.1, 0.15) is 12.8 Å². The zero-order chi connectivity index (χ0) is 25.0. The molecule has 184 valence electrons. The van der Waals surface area contributed by atoms with E-state index in [1.165, 1.54) is 22.8 Å². The van der Waals surface area contributed by atoms with Gasteiger partial charge in [-0.1, -0.05) is 12.1 Å². The van der Waals surface area contributed by atoms with Crippen LogP contribution in [0.5, 0.6) is 5.75 Å². The molecule has 11 heteroatoms. The van der Waals surface area contributed by atoms with Gasteiger partial charge in [-0.05, 0) is 70.9 Å². The molecule has 4 aromatic rings. The topological polar surface area (TPSA) is 83.3 Å². The number of hydrogen-bond acceptors (Lipinski definition) is 7. The van der Waals surface area contributed by atoms with Gasteiger partial charge in [0.1, 0.15) is 23.1 Å². The van der Waals surface area contributed by atoms with Crippen LogP contribution in [0.25, 0.3) is 28.0 Å². The van der Waals surface area contributed by atoms with Crippen molar-refractivity contribution in [3.63, 3.8) is 0 Å². The van der Waals surface area contributed by atoms with E-state index in [1.807, 2.05) is 4.90 Å². The first kappa shape index (κ1) is 23.2. The Morgan fingerprint density at radius 3 is 2.50 bits per heavy atom. The van der Waals surface area contributed by atoms with Crippen LogP contribution in [-0.4, -0.2) is 44.8 Å². The molecule has 2 fully saturated rings. The minimum atomic E-state index is -0.834. The maximum Gasteiger partial charge on any atom is 0.355 e. The molecule has 36 heavy (non-hydrogen) atoms. The highest BCUT2D eigenvalue weighted by Crippen LogP contribution is 2.36. The first-order chi connectivity index (χ1) is 17.4. The summed E-state index contributed by atoms with van der Waals surface area (Å²) >= 11 is 0. The van der Waals surface area contributed by atoms with Crippen molar-refractivity contribution in [3.8, 4) is 22.7 Å². The molecule has 0 saturated carbocycles. The van der Waals surface area contributed by atoms with Crippen molar-refractivity contribution in [2.75, 3.05) is 18.0 Å². The van der Waals surface area contributed by atoms with E-state index < -0.39 is 28.8 Å². The number of halogens is 3. The lowest BCUT2D eigenvalue weighted by Gasteiger charge is -2.34. The van der Waals surface area contributed by atoms with Crippen LogP contribution < -0.4 is 15.9 Å². The lowest BCUT2D eigenvalue weighted by atomic mass is 10.1. The number of phenolic OH excluding ortho intramolecular Hbond substituents is 1. The summed E-state index contributed by atoms with van der Waals surface area (Å²) in [7, 11) is 6.92. The molecule has 4 heterocycles. The second kappa shape index (κ2) is 9.02. The lowest BCUT2D eigenvalue weighted by Crippen LogP contribution is -2.52. The number of aromatic nitrogens is 3. The fourth-order valence-corrected chi connectivity index (χ4v) is 5.73. The number of benzene rings is 2. The molecule has 2 saturated heterocycles. The van der Waals surface area contributed by atoms with E-state index in [0.29, 0.717) is 34.9 Å². The van der Waals surface area contributed by atoms with E-state index in [0.717, 1.165) is 29.9 Å². The van der Waals surface area contributed by atoms with Crippen molar-refractivity contribution in [3.05, 3.63) is 70.6 Å². The van der Waals surface area contributed by atoms with Gasteiger partial charge in [0.2, 0.25) is 0 Å². The number of rotatable bonds is 4. The third-order valence-electron chi connectivity index (χ3n) is 6.71. The Morgan fingerprint density at radius 1 is 1.03 bits per heavy atom. The number of pyridine rings is 1. The molecule has 0 aliphatic carbocycles. The fraction of sp³-hybridized carbons (Fsp3) is 0.240. The molecule has 7 nitrogen and oxygen atoms in total. The Hall–Kier alpha value is -3.21. The first-order valence-electron chi connectivity index (χ1n) is 11.4. The highest BCUT2D eigenvalue weighted by molar-refractivity contribution is 8.21. The SMILES string of the molecule is O=c1nc(N2CC3CCC(C2)N3)c2cc(F)c(-c3c(O)cccc3F)nc2n1-c1cccc(SCl)c1. The number of piperazine rings is 1. The van der Waals surface area contributed by atoms with Gasteiger partial charge in [-0.15, -0.1) is 0 Å². The summed E-state index contributed by atoms with van der Waals surface area (Å²) < 4.78 is 31.5. The van der Waals surface area contributed by atoms with Crippen LogP contribution in [-0.2, 0) is 0 Å². The van der Waals surface area contributed by atoms with E-state index >= 15 is 4.39 Å². The van der Waals surface area contributed by atoms with Crippen molar-refractivity contribution in [2.45, 2.75) is 29.8 Å². The molecule has 2 aromatic heterocycles. The zero-order valence-corrected chi connectivity index (χ0v) is 20.4. The molecular formula is C25H20ClF2N5O2S. The second-order valence-corrected chi connectivity index (χ2v) is 10.1. The predicted molar refractivity (Wildman–Crippen MR) is 136 cm³/mol. The molecule has 2 aromatic carbocycles. The van der Waals surface area contributed by atoms with Gasteiger partial charge in [0, 0.05) is 30.1 Å². The Balaban J connectivity index is 1.65. The van der Waals surface area contributed by atoms with Crippen molar-refractivity contribution in [1.82, 2.24) is 19.9 Å². The Bertz CT molecular complexity index is 1530. The Morgan fingerprint density at radius 2 is 1.78 bits per heavy atom. The molecule has 2 bridgehead atoms. The largest absolute Gasteiger partial charge is 0.507 e. The molecule has 2 N–H and O–H groups in total. The quantitative estimate of drug-likeness (QED) is 0.401. The molecule has 2 unspecified atom stereocenters. The van der Waals surface area contributed by atoms with E-state index in [4.69, 9.17) is 10.7 Å². The van der Waals surface area contributed by atoms with Gasteiger partial charge in [-0.3, -0.25) is 0 Å². The minimum absolute atomic E-state index is 0.103. The standard InChI is InChI=1S/C25H20ClF2N5O2S/c26-36-16-4-1-3-15(9-16)33-24-17(10-19(28)22(30-24)21-18(27)5-2-6-20(21)34)23(31-25(33)35)32-11-13-7-8-14(12-32)29-13/h1-6,9-10,13-14,29,34H,7-8,11-12H2. The van der Waals surface area contributed by atoms with Gasteiger partial charge in [-0.2, -0.15) is 4.98 Å². The van der Waals surface area contributed by atoms with Gasteiger partial charge < -0.3 is 15.3 Å². The van der Waals surface area contributed by atoms with E-state index in [9.17, 15) is 14.3 Å². The first-order valence-corrected chi connectivity index (χ1v) is 13.1. The van der Waals surface area contributed by atoms with E-state index in [1.54, 1.807) is 24.3 Å². The number of hydrogen-bond donors (Lipinski definition) is 2. The van der Waals surface area contributed by atoms with Crippen LogP contribution in [0.15, 0.2) is 58.2 Å². The number of phenols is 1. The molecular weight excluding hydrogens is 508 g/mol. The van der Waals surface area contributed by atoms with Crippen LogP contribution >= 0.6 is 21.7 Å². The molecule has 6 rings (SSSR count). The number of anilines is 1. The monoisotopic (exact) mass is 527 g/mol. The number of nitrogens with zero attached hydrogens (tertiary/aromatic N) is 4. The van der Waals surface area contributed by atoms with Crippen LogP contribution in [0.2, 0.25) is 0 Å². The summed E-state index contributed by atoms with van der Waals surface area (Å²) in [6.45, 7) is 1.25.